The van der Waals surface area contributed by atoms with Crippen molar-refractivity contribution < 1.29 is 9.47 Å². The first-order valence-corrected chi connectivity index (χ1v) is 8.19. The number of hydrogen-bond acceptors (Lipinski definition) is 3. The summed E-state index contributed by atoms with van der Waals surface area (Å²) >= 11 is 5.34. The van der Waals surface area contributed by atoms with Crippen LogP contribution in [0.25, 0.3) is 0 Å². The standard InChI is InChI=1S/C18H26N2O2S/c1-6-18(7-2,8-3)20-17(23)19-12-11-14-9-10-15(21-4)16(13-14)22-5/h1,9-10,13H,7-8,11-12H2,2-5H3,(H2,19,20,23). The van der Waals surface area contributed by atoms with E-state index >= 15 is 0 Å². The predicted octanol–water partition coefficient (Wildman–Crippen LogP) is 2.90. The van der Waals surface area contributed by atoms with E-state index in [9.17, 15) is 0 Å². The third-order valence-corrected chi connectivity index (χ3v) is 4.23. The first kappa shape index (κ1) is 19.1. The third kappa shape index (κ3) is 5.33. The maximum Gasteiger partial charge on any atom is 0.167 e. The molecular weight excluding hydrogens is 308 g/mol. The predicted molar refractivity (Wildman–Crippen MR) is 99.1 cm³/mol. The molecule has 2 N–H and O–H groups in total. The Morgan fingerprint density at radius 3 is 2.39 bits per heavy atom. The van der Waals surface area contributed by atoms with Crippen LogP contribution in [0.5, 0.6) is 11.5 Å². The Balaban J connectivity index is 2.54. The van der Waals surface area contributed by atoms with Gasteiger partial charge in [-0.05, 0) is 49.2 Å². The summed E-state index contributed by atoms with van der Waals surface area (Å²) in [5.74, 6) is 4.27. The van der Waals surface area contributed by atoms with Crippen LogP contribution in [0.15, 0.2) is 18.2 Å². The molecule has 0 aromatic heterocycles. The molecule has 126 valence electrons. The summed E-state index contributed by atoms with van der Waals surface area (Å²) < 4.78 is 10.5. The molecule has 0 bridgehead atoms. The van der Waals surface area contributed by atoms with Gasteiger partial charge < -0.3 is 20.1 Å². The molecule has 0 radical (unpaired) electrons. The Bertz CT molecular complexity index is 563. The number of nitrogens with one attached hydrogen (secondary N) is 2. The fourth-order valence-electron chi connectivity index (χ4n) is 2.29. The zero-order chi connectivity index (χ0) is 17.3. The number of hydrogen-bond donors (Lipinski definition) is 2. The molecule has 0 atom stereocenters. The van der Waals surface area contributed by atoms with E-state index in [1.165, 1.54) is 0 Å². The van der Waals surface area contributed by atoms with Gasteiger partial charge in [0.25, 0.3) is 0 Å². The second kappa shape index (κ2) is 9.26. The maximum absolute atomic E-state index is 5.63. The monoisotopic (exact) mass is 334 g/mol. The Kier molecular flexibility index (Phi) is 7.70. The maximum atomic E-state index is 5.63. The van der Waals surface area contributed by atoms with E-state index in [0.717, 1.165) is 42.9 Å². The molecule has 0 saturated heterocycles. The minimum absolute atomic E-state index is 0.368. The number of terminal acetylenes is 1. The molecule has 0 amide bonds. The van der Waals surface area contributed by atoms with E-state index in [0.29, 0.717) is 5.11 Å². The van der Waals surface area contributed by atoms with Gasteiger partial charge in [0.2, 0.25) is 0 Å². The first-order valence-electron chi connectivity index (χ1n) is 7.78. The van der Waals surface area contributed by atoms with Gasteiger partial charge in [0.1, 0.15) is 0 Å². The molecule has 0 fully saturated rings. The highest BCUT2D eigenvalue weighted by Crippen LogP contribution is 2.27. The second-order valence-electron chi connectivity index (χ2n) is 5.25. The van der Waals surface area contributed by atoms with Gasteiger partial charge >= 0.3 is 0 Å². The van der Waals surface area contributed by atoms with Crippen LogP contribution in [-0.2, 0) is 6.42 Å². The van der Waals surface area contributed by atoms with E-state index < -0.39 is 0 Å². The molecule has 1 aromatic carbocycles. The van der Waals surface area contributed by atoms with Crippen molar-refractivity contribution in [3.8, 4) is 23.8 Å². The molecule has 0 heterocycles. The highest BCUT2D eigenvalue weighted by atomic mass is 32.1. The third-order valence-electron chi connectivity index (χ3n) is 3.98. The van der Waals surface area contributed by atoms with Crippen molar-refractivity contribution in [2.24, 2.45) is 0 Å². The SMILES string of the molecule is C#CC(CC)(CC)NC(=S)NCCc1ccc(OC)c(OC)c1. The lowest BCUT2D eigenvalue weighted by molar-refractivity contribution is 0.354. The number of thiocarbonyl (C=S) groups is 1. The van der Waals surface area contributed by atoms with Gasteiger partial charge in [0.15, 0.2) is 16.6 Å². The highest BCUT2D eigenvalue weighted by Gasteiger charge is 2.23. The molecule has 0 aliphatic heterocycles. The average molecular weight is 334 g/mol. The Morgan fingerprint density at radius 1 is 1.22 bits per heavy atom. The lowest BCUT2D eigenvalue weighted by Gasteiger charge is -2.28. The summed E-state index contributed by atoms with van der Waals surface area (Å²) in [6.45, 7) is 4.83. The average Bonchev–Trinajstić information content (AvgIpc) is 2.59. The van der Waals surface area contributed by atoms with Gasteiger partial charge in [-0.25, -0.2) is 0 Å². The zero-order valence-corrected chi connectivity index (χ0v) is 15.2. The Morgan fingerprint density at radius 2 is 1.87 bits per heavy atom. The van der Waals surface area contributed by atoms with Crippen molar-refractivity contribution in [1.82, 2.24) is 10.6 Å². The Hall–Kier alpha value is -1.93. The number of rotatable bonds is 8. The van der Waals surface area contributed by atoms with Crippen molar-refractivity contribution in [1.29, 1.82) is 0 Å². The highest BCUT2D eigenvalue weighted by molar-refractivity contribution is 7.80. The second-order valence-corrected chi connectivity index (χ2v) is 5.66. The molecule has 1 rings (SSSR count). The van der Waals surface area contributed by atoms with Crippen molar-refractivity contribution in [3.05, 3.63) is 23.8 Å². The summed E-state index contributed by atoms with van der Waals surface area (Å²) in [6.07, 6.45) is 8.12. The summed E-state index contributed by atoms with van der Waals surface area (Å²) in [4.78, 5) is 0. The molecule has 0 spiro atoms. The van der Waals surface area contributed by atoms with Gasteiger partial charge in [-0.15, -0.1) is 6.42 Å². The molecular formula is C18H26N2O2S. The molecule has 4 nitrogen and oxygen atoms in total. The van der Waals surface area contributed by atoms with E-state index in [4.69, 9.17) is 28.1 Å². The molecule has 0 unspecified atom stereocenters. The van der Waals surface area contributed by atoms with Crippen LogP contribution < -0.4 is 20.1 Å². The molecule has 5 heteroatoms. The van der Waals surface area contributed by atoms with Crippen molar-refractivity contribution in [2.75, 3.05) is 20.8 Å². The quantitative estimate of drug-likeness (QED) is 0.565. The van der Waals surface area contributed by atoms with Crippen molar-refractivity contribution in [3.63, 3.8) is 0 Å². The fourth-order valence-corrected chi connectivity index (χ4v) is 2.58. The molecule has 0 aliphatic rings. The number of ether oxygens (including phenoxy) is 2. The summed E-state index contributed by atoms with van der Waals surface area (Å²) in [5.41, 5.74) is 0.778. The minimum Gasteiger partial charge on any atom is -0.493 e. The van der Waals surface area contributed by atoms with E-state index in [1.807, 2.05) is 18.2 Å². The smallest absolute Gasteiger partial charge is 0.167 e. The molecule has 0 aliphatic carbocycles. The lowest BCUT2D eigenvalue weighted by Crippen LogP contribution is -2.50. The topological polar surface area (TPSA) is 42.5 Å². The van der Waals surface area contributed by atoms with Crippen molar-refractivity contribution in [2.45, 2.75) is 38.6 Å². The van der Waals surface area contributed by atoms with Crippen LogP contribution >= 0.6 is 12.2 Å². The van der Waals surface area contributed by atoms with Crippen molar-refractivity contribution >= 4 is 17.3 Å². The van der Waals surface area contributed by atoms with Crippen LogP contribution in [0.2, 0.25) is 0 Å². The van der Waals surface area contributed by atoms with Crippen LogP contribution in [0.1, 0.15) is 32.3 Å². The molecule has 1 aromatic rings. The van der Waals surface area contributed by atoms with Gasteiger partial charge in [0, 0.05) is 6.54 Å². The van der Waals surface area contributed by atoms with Crippen LogP contribution in [0.3, 0.4) is 0 Å². The zero-order valence-electron chi connectivity index (χ0n) is 14.4. The fraction of sp³-hybridized carbons (Fsp3) is 0.500. The molecule has 0 saturated carbocycles. The summed E-state index contributed by atoms with van der Waals surface area (Å²) in [5, 5.41) is 7.04. The van der Waals surface area contributed by atoms with Crippen LogP contribution in [0, 0.1) is 12.3 Å². The number of benzene rings is 1. The summed E-state index contributed by atoms with van der Waals surface area (Å²) in [7, 11) is 3.26. The first-order chi connectivity index (χ1) is 11.0. The van der Waals surface area contributed by atoms with Gasteiger partial charge in [-0.3, -0.25) is 0 Å². The summed E-state index contributed by atoms with van der Waals surface area (Å²) in [6, 6.07) is 5.90. The number of methoxy groups -OCH3 is 2. The normalized spacial score (nSPS) is 10.6. The van der Waals surface area contributed by atoms with Gasteiger partial charge in [0.05, 0.1) is 19.8 Å². The lowest BCUT2D eigenvalue weighted by atomic mass is 9.94. The van der Waals surface area contributed by atoms with E-state index in [-0.39, 0.29) is 5.54 Å². The van der Waals surface area contributed by atoms with Crippen LogP contribution in [-0.4, -0.2) is 31.4 Å². The minimum atomic E-state index is -0.368. The molecule has 23 heavy (non-hydrogen) atoms. The van der Waals surface area contributed by atoms with Crippen LogP contribution in [0.4, 0.5) is 0 Å². The van der Waals surface area contributed by atoms with E-state index in [1.54, 1.807) is 14.2 Å². The Labute approximate surface area is 144 Å². The van der Waals surface area contributed by atoms with Gasteiger partial charge in [-0.1, -0.05) is 25.8 Å². The largest absolute Gasteiger partial charge is 0.493 e. The van der Waals surface area contributed by atoms with E-state index in [2.05, 4.69) is 30.4 Å². The van der Waals surface area contributed by atoms with Gasteiger partial charge in [-0.2, -0.15) is 0 Å².